The second-order valence-corrected chi connectivity index (χ2v) is 7.16. The first-order chi connectivity index (χ1) is 11.0. The second-order valence-electron chi connectivity index (χ2n) is 7.16. The van der Waals surface area contributed by atoms with Crippen LogP contribution in [-0.4, -0.2) is 36.9 Å². The summed E-state index contributed by atoms with van der Waals surface area (Å²) in [5, 5.41) is 10.5. The van der Waals surface area contributed by atoms with Crippen LogP contribution in [0.1, 0.15) is 44.6 Å². The molecule has 1 heterocycles. The summed E-state index contributed by atoms with van der Waals surface area (Å²) < 4.78 is 5.13. The van der Waals surface area contributed by atoms with Crippen LogP contribution >= 0.6 is 0 Å². The smallest absolute Gasteiger partial charge is 0.233 e. The maximum absolute atomic E-state index is 13.0. The first kappa shape index (κ1) is 16.5. The Kier molecular flexibility index (Phi) is 4.47. The third-order valence-electron chi connectivity index (χ3n) is 5.72. The number of aryl methyl sites for hydroxylation is 1. The lowest BCUT2D eigenvalue weighted by molar-refractivity contribution is -0.133. The van der Waals surface area contributed by atoms with Crippen LogP contribution in [-0.2, 0) is 16.0 Å². The number of carbonyl (C=O) groups is 1. The van der Waals surface area contributed by atoms with Crippen molar-refractivity contribution in [2.45, 2.75) is 51.0 Å². The molecular weight excluding hydrogens is 290 g/mol. The van der Waals surface area contributed by atoms with E-state index in [1.54, 1.807) is 7.11 Å². The molecular formula is C19H27NO3. The monoisotopic (exact) mass is 317 g/mol. The van der Waals surface area contributed by atoms with Gasteiger partial charge in [-0.2, -0.15) is 0 Å². The third-order valence-corrected chi connectivity index (χ3v) is 5.72. The van der Waals surface area contributed by atoms with Crippen molar-refractivity contribution in [2.75, 3.05) is 25.2 Å². The number of benzene rings is 1. The standard InChI is InChI=1S/C19H27NO3/c1-3-15-4-6-16(7-5-15)20-13-12-18(17(20)21)8-10-19(22,11-9-18)14-23-2/h4-7,22H,3,8-14H2,1-2H3/t18-,19+. The van der Waals surface area contributed by atoms with Gasteiger partial charge in [-0.15, -0.1) is 0 Å². The van der Waals surface area contributed by atoms with Gasteiger partial charge in [0.15, 0.2) is 0 Å². The average molecular weight is 317 g/mol. The van der Waals surface area contributed by atoms with Crippen molar-refractivity contribution in [3.05, 3.63) is 29.8 Å². The number of nitrogens with zero attached hydrogens (tertiary/aromatic N) is 1. The zero-order valence-corrected chi connectivity index (χ0v) is 14.2. The lowest BCUT2D eigenvalue weighted by atomic mass is 9.68. The number of anilines is 1. The number of aliphatic hydroxyl groups is 1. The van der Waals surface area contributed by atoms with Crippen LogP contribution in [0.3, 0.4) is 0 Å². The van der Waals surface area contributed by atoms with Crippen LogP contribution in [0.25, 0.3) is 0 Å². The summed E-state index contributed by atoms with van der Waals surface area (Å²) in [6.07, 6.45) is 4.72. The van der Waals surface area contributed by atoms with Crippen molar-refractivity contribution < 1.29 is 14.6 Å². The summed E-state index contributed by atoms with van der Waals surface area (Å²) >= 11 is 0. The summed E-state index contributed by atoms with van der Waals surface area (Å²) in [4.78, 5) is 14.9. The number of methoxy groups -OCH3 is 1. The molecule has 1 aliphatic carbocycles. The van der Waals surface area contributed by atoms with Gasteiger partial charge >= 0.3 is 0 Å². The van der Waals surface area contributed by atoms with Crippen molar-refractivity contribution in [2.24, 2.45) is 5.41 Å². The Labute approximate surface area is 138 Å². The van der Waals surface area contributed by atoms with Gasteiger partial charge in [-0.05, 0) is 56.2 Å². The van der Waals surface area contributed by atoms with Crippen LogP contribution in [0.4, 0.5) is 5.69 Å². The summed E-state index contributed by atoms with van der Waals surface area (Å²) in [5.41, 5.74) is 1.26. The Morgan fingerprint density at radius 3 is 2.35 bits per heavy atom. The van der Waals surface area contributed by atoms with Gasteiger partial charge in [-0.1, -0.05) is 19.1 Å². The molecule has 23 heavy (non-hydrogen) atoms. The van der Waals surface area contributed by atoms with E-state index in [2.05, 4.69) is 31.2 Å². The SMILES string of the molecule is CCc1ccc(N2CC[C@]3(CC[C@@](O)(COC)CC3)C2=O)cc1. The highest BCUT2D eigenvalue weighted by molar-refractivity contribution is 6.00. The minimum Gasteiger partial charge on any atom is -0.387 e. The van der Waals surface area contributed by atoms with Crippen LogP contribution in [0, 0.1) is 5.41 Å². The fourth-order valence-electron chi connectivity index (χ4n) is 4.05. The number of rotatable bonds is 4. The van der Waals surface area contributed by atoms with E-state index >= 15 is 0 Å². The topological polar surface area (TPSA) is 49.8 Å². The van der Waals surface area contributed by atoms with Gasteiger partial charge in [-0.3, -0.25) is 4.79 Å². The van der Waals surface area contributed by atoms with Crippen LogP contribution < -0.4 is 4.90 Å². The van der Waals surface area contributed by atoms with Gasteiger partial charge in [0.05, 0.1) is 17.6 Å². The molecule has 0 radical (unpaired) electrons. The lowest BCUT2D eigenvalue weighted by Gasteiger charge is -2.40. The molecule has 1 aliphatic heterocycles. The normalized spacial score (nSPS) is 31.1. The third kappa shape index (κ3) is 3.02. The molecule has 1 amide bonds. The summed E-state index contributed by atoms with van der Waals surface area (Å²) in [6, 6.07) is 8.32. The highest BCUT2D eigenvalue weighted by Gasteiger charge is 2.51. The predicted molar refractivity (Wildman–Crippen MR) is 90.5 cm³/mol. The molecule has 1 spiro atoms. The maximum Gasteiger partial charge on any atom is 0.233 e. The zero-order chi connectivity index (χ0) is 16.5. The lowest BCUT2D eigenvalue weighted by Crippen LogP contribution is -2.45. The van der Waals surface area contributed by atoms with Gasteiger partial charge in [0.25, 0.3) is 0 Å². The molecule has 1 saturated heterocycles. The first-order valence-corrected chi connectivity index (χ1v) is 8.64. The molecule has 1 saturated carbocycles. The first-order valence-electron chi connectivity index (χ1n) is 8.64. The minimum atomic E-state index is -0.753. The highest BCUT2D eigenvalue weighted by Crippen LogP contribution is 2.48. The summed E-state index contributed by atoms with van der Waals surface area (Å²) in [6.45, 7) is 3.28. The number of hydrogen-bond acceptors (Lipinski definition) is 3. The van der Waals surface area contributed by atoms with Gasteiger partial charge in [-0.25, -0.2) is 0 Å². The molecule has 0 bridgehead atoms. The number of hydrogen-bond donors (Lipinski definition) is 1. The second kappa shape index (κ2) is 6.25. The number of carbonyl (C=O) groups excluding carboxylic acids is 1. The van der Waals surface area contributed by atoms with Gasteiger partial charge < -0.3 is 14.7 Å². The molecule has 1 aromatic rings. The molecule has 1 aromatic carbocycles. The average Bonchev–Trinajstić information content (AvgIpc) is 2.88. The zero-order valence-electron chi connectivity index (χ0n) is 14.2. The fourth-order valence-corrected chi connectivity index (χ4v) is 4.05. The van der Waals surface area contributed by atoms with E-state index in [-0.39, 0.29) is 11.3 Å². The van der Waals surface area contributed by atoms with Crippen molar-refractivity contribution in [3.8, 4) is 0 Å². The predicted octanol–water partition coefficient (Wildman–Crippen LogP) is 2.92. The Balaban J connectivity index is 1.71. The van der Waals surface area contributed by atoms with Gasteiger partial charge in [0.1, 0.15) is 0 Å². The quantitative estimate of drug-likeness (QED) is 0.929. The Morgan fingerprint density at radius 2 is 1.78 bits per heavy atom. The summed E-state index contributed by atoms with van der Waals surface area (Å²) in [7, 11) is 1.62. The van der Waals surface area contributed by atoms with E-state index in [9.17, 15) is 9.90 Å². The maximum atomic E-state index is 13.0. The van der Waals surface area contributed by atoms with E-state index in [0.29, 0.717) is 19.4 Å². The Hall–Kier alpha value is -1.39. The molecule has 126 valence electrons. The molecule has 4 nitrogen and oxygen atoms in total. The van der Waals surface area contributed by atoms with E-state index in [0.717, 1.165) is 37.9 Å². The van der Waals surface area contributed by atoms with E-state index in [1.807, 2.05) is 4.90 Å². The molecule has 0 aromatic heterocycles. The van der Waals surface area contributed by atoms with Gasteiger partial charge in [0.2, 0.25) is 5.91 Å². The van der Waals surface area contributed by atoms with Crippen LogP contribution in [0.15, 0.2) is 24.3 Å². The van der Waals surface area contributed by atoms with Crippen LogP contribution in [0.5, 0.6) is 0 Å². The van der Waals surface area contributed by atoms with Crippen molar-refractivity contribution in [1.82, 2.24) is 0 Å². The van der Waals surface area contributed by atoms with E-state index < -0.39 is 5.60 Å². The van der Waals surface area contributed by atoms with Crippen molar-refractivity contribution in [1.29, 1.82) is 0 Å². The van der Waals surface area contributed by atoms with Gasteiger partial charge in [0, 0.05) is 19.3 Å². The van der Waals surface area contributed by atoms with Crippen molar-refractivity contribution >= 4 is 11.6 Å². The van der Waals surface area contributed by atoms with E-state index in [4.69, 9.17) is 4.74 Å². The number of amides is 1. The highest BCUT2D eigenvalue weighted by atomic mass is 16.5. The largest absolute Gasteiger partial charge is 0.387 e. The summed E-state index contributed by atoms with van der Waals surface area (Å²) in [5.74, 6) is 0.237. The molecule has 4 heteroatoms. The Bertz CT molecular complexity index is 558. The van der Waals surface area contributed by atoms with Crippen LogP contribution in [0.2, 0.25) is 0 Å². The number of ether oxygens (including phenoxy) is 1. The molecule has 2 aliphatic rings. The molecule has 0 atom stereocenters. The minimum absolute atomic E-state index is 0.237. The van der Waals surface area contributed by atoms with E-state index in [1.165, 1.54) is 5.56 Å². The molecule has 2 fully saturated rings. The fraction of sp³-hybridized carbons (Fsp3) is 0.632. The molecule has 0 unspecified atom stereocenters. The Morgan fingerprint density at radius 1 is 1.13 bits per heavy atom. The molecule has 3 rings (SSSR count). The molecule has 1 N–H and O–H groups in total. The van der Waals surface area contributed by atoms with Crippen molar-refractivity contribution in [3.63, 3.8) is 0 Å².